The summed E-state index contributed by atoms with van der Waals surface area (Å²) < 4.78 is 5.18. The zero-order chi connectivity index (χ0) is 22.9. The summed E-state index contributed by atoms with van der Waals surface area (Å²) in [5.41, 5.74) is 4.56. The first kappa shape index (κ1) is 22.3. The van der Waals surface area contributed by atoms with E-state index in [2.05, 4.69) is 15.3 Å². The van der Waals surface area contributed by atoms with Crippen LogP contribution in [0, 0.1) is 0 Å². The Morgan fingerprint density at radius 3 is 2.36 bits per heavy atom. The Kier molecular flexibility index (Phi) is 7.51. The molecule has 0 atom stereocenters. The standard InChI is InChI=1S/C27H23N3O2S/c1-32-25-13-9-21(10-14-25)6-5-20-7-11-24(12-8-20)30-27(31)23-4-2-3-22(17-23)19-33-26-18-28-15-16-29-26/h2-18H,19H2,1H3,(H,30,31). The Morgan fingerprint density at radius 2 is 1.70 bits per heavy atom. The van der Waals surface area contributed by atoms with Crippen molar-refractivity contribution in [3.05, 3.63) is 114 Å². The molecule has 0 saturated heterocycles. The summed E-state index contributed by atoms with van der Waals surface area (Å²) in [6.45, 7) is 0. The molecule has 3 aromatic carbocycles. The summed E-state index contributed by atoms with van der Waals surface area (Å²) in [6, 6.07) is 23.3. The average Bonchev–Trinajstić information content (AvgIpc) is 2.88. The highest BCUT2D eigenvalue weighted by Gasteiger charge is 2.07. The number of hydrogen-bond acceptors (Lipinski definition) is 5. The SMILES string of the molecule is COc1ccc(C=Cc2ccc(NC(=O)c3cccc(CSc4cnccn4)c3)cc2)cc1. The lowest BCUT2D eigenvalue weighted by Crippen LogP contribution is -2.12. The van der Waals surface area contributed by atoms with E-state index >= 15 is 0 Å². The van der Waals surface area contributed by atoms with E-state index in [0.29, 0.717) is 5.56 Å². The maximum atomic E-state index is 12.7. The Morgan fingerprint density at radius 1 is 0.970 bits per heavy atom. The van der Waals surface area contributed by atoms with Gasteiger partial charge in [0.2, 0.25) is 0 Å². The Labute approximate surface area is 197 Å². The van der Waals surface area contributed by atoms with Gasteiger partial charge in [0, 0.05) is 29.4 Å². The lowest BCUT2D eigenvalue weighted by Gasteiger charge is -2.07. The van der Waals surface area contributed by atoms with Gasteiger partial charge < -0.3 is 10.1 Å². The Hall–Kier alpha value is -3.90. The van der Waals surface area contributed by atoms with Crippen LogP contribution < -0.4 is 10.1 Å². The molecule has 1 amide bonds. The molecule has 0 aliphatic heterocycles. The van der Waals surface area contributed by atoms with Crippen LogP contribution in [0.1, 0.15) is 27.0 Å². The van der Waals surface area contributed by atoms with Gasteiger partial charge in [-0.2, -0.15) is 0 Å². The molecule has 0 radical (unpaired) electrons. The third kappa shape index (κ3) is 6.54. The van der Waals surface area contributed by atoms with Crippen LogP contribution in [-0.2, 0) is 5.75 Å². The van der Waals surface area contributed by atoms with E-state index in [1.165, 1.54) is 0 Å². The second kappa shape index (κ2) is 11.1. The van der Waals surface area contributed by atoms with Gasteiger partial charge in [0.05, 0.1) is 13.3 Å². The summed E-state index contributed by atoms with van der Waals surface area (Å²) in [6.07, 6.45) is 9.13. The number of thioether (sulfide) groups is 1. The normalized spacial score (nSPS) is 10.8. The van der Waals surface area contributed by atoms with Gasteiger partial charge >= 0.3 is 0 Å². The Bertz CT molecular complexity index is 1220. The molecule has 0 saturated carbocycles. The summed E-state index contributed by atoms with van der Waals surface area (Å²) in [5, 5.41) is 3.82. The van der Waals surface area contributed by atoms with Gasteiger partial charge in [-0.05, 0) is 53.1 Å². The van der Waals surface area contributed by atoms with Crippen LogP contribution >= 0.6 is 11.8 Å². The maximum absolute atomic E-state index is 12.7. The number of benzene rings is 3. The van der Waals surface area contributed by atoms with Crippen molar-refractivity contribution in [1.82, 2.24) is 9.97 Å². The lowest BCUT2D eigenvalue weighted by molar-refractivity contribution is 0.102. The first-order valence-electron chi connectivity index (χ1n) is 10.4. The van der Waals surface area contributed by atoms with Crippen LogP contribution in [0.25, 0.3) is 12.2 Å². The molecule has 1 aromatic heterocycles. The van der Waals surface area contributed by atoms with Crippen molar-refractivity contribution in [2.45, 2.75) is 10.8 Å². The van der Waals surface area contributed by atoms with Crippen LogP contribution in [0.5, 0.6) is 5.75 Å². The van der Waals surface area contributed by atoms with E-state index in [1.807, 2.05) is 84.9 Å². The molecule has 0 fully saturated rings. The van der Waals surface area contributed by atoms with Crippen LogP contribution in [0.15, 0.2) is 96.4 Å². The predicted octanol–water partition coefficient (Wildman–Crippen LogP) is 6.20. The number of methoxy groups -OCH3 is 1. The molecular weight excluding hydrogens is 430 g/mol. The first-order chi connectivity index (χ1) is 16.2. The molecule has 0 spiro atoms. The molecule has 33 heavy (non-hydrogen) atoms. The van der Waals surface area contributed by atoms with Gasteiger partial charge in [-0.1, -0.05) is 48.6 Å². The van der Waals surface area contributed by atoms with Crippen molar-refractivity contribution >= 4 is 35.5 Å². The van der Waals surface area contributed by atoms with Crippen molar-refractivity contribution in [2.75, 3.05) is 12.4 Å². The first-order valence-corrected chi connectivity index (χ1v) is 11.4. The zero-order valence-electron chi connectivity index (χ0n) is 18.1. The zero-order valence-corrected chi connectivity index (χ0v) is 19.0. The van der Waals surface area contributed by atoms with Gasteiger partial charge in [-0.15, -0.1) is 11.8 Å². The fraction of sp³-hybridized carbons (Fsp3) is 0.0741. The highest BCUT2D eigenvalue weighted by atomic mass is 32.2. The van der Waals surface area contributed by atoms with E-state index in [-0.39, 0.29) is 5.91 Å². The van der Waals surface area contributed by atoms with Gasteiger partial charge in [0.15, 0.2) is 0 Å². The highest BCUT2D eigenvalue weighted by molar-refractivity contribution is 7.98. The molecule has 6 heteroatoms. The number of ether oxygens (including phenoxy) is 1. The van der Waals surface area contributed by atoms with E-state index in [0.717, 1.165) is 38.9 Å². The number of carbonyl (C=O) groups excluding carboxylic acids is 1. The van der Waals surface area contributed by atoms with Crippen LogP contribution in [-0.4, -0.2) is 23.0 Å². The predicted molar refractivity (Wildman–Crippen MR) is 134 cm³/mol. The third-order valence-corrected chi connectivity index (χ3v) is 5.85. The number of amides is 1. The number of hydrogen-bond donors (Lipinski definition) is 1. The van der Waals surface area contributed by atoms with E-state index in [9.17, 15) is 4.79 Å². The number of rotatable bonds is 8. The molecule has 0 aliphatic carbocycles. The fourth-order valence-electron chi connectivity index (χ4n) is 3.11. The second-order valence-corrected chi connectivity index (χ2v) is 8.21. The quantitative estimate of drug-likeness (QED) is 0.254. The summed E-state index contributed by atoms with van der Waals surface area (Å²) in [7, 11) is 1.66. The largest absolute Gasteiger partial charge is 0.497 e. The molecule has 0 unspecified atom stereocenters. The van der Waals surface area contributed by atoms with Crippen LogP contribution in [0.2, 0.25) is 0 Å². The second-order valence-electron chi connectivity index (χ2n) is 7.22. The van der Waals surface area contributed by atoms with E-state index in [4.69, 9.17) is 4.74 Å². The number of anilines is 1. The minimum atomic E-state index is -0.136. The topological polar surface area (TPSA) is 64.1 Å². The molecule has 0 bridgehead atoms. The Balaban J connectivity index is 1.34. The molecule has 4 rings (SSSR count). The van der Waals surface area contributed by atoms with Crippen LogP contribution in [0.3, 0.4) is 0 Å². The molecule has 1 N–H and O–H groups in total. The summed E-state index contributed by atoms with van der Waals surface area (Å²) in [4.78, 5) is 21.1. The van der Waals surface area contributed by atoms with E-state index < -0.39 is 0 Å². The highest BCUT2D eigenvalue weighted by Crippen LogP contribution is 2.21. The van der Waals surface area contributed by atoms with Gasteiger partial charge in [-0.3, -0.25) is 9.78 Å². The molecule has 5 nitrogen and oxygen atoms in total. The molecule has 0 aliphatic rings. The van der Waals surface area contributed by atoms with Crippen molar-refractivity contribution in [2.24, 2.45) is 0 Å². The van der Waals surface area contributed by atoms with Crippen LogP contribution in [0.4, 0.5) is 5.69 Å². The lowest BCUT2D eigenvalue weighted by atomic mass is 10.1. The van der Waals surface area contributed by atoms with E-state index in [1.54, 1.807) is 37.5 Å². The number of carbonyl (C=O) groups is 1. The van der Waals surface area contributed by atoms with Gasteiger partial charge in [0.1, 0.15) is 10.8 Å². The average molecular weight is 454 g/mol. The summed E-state index contributed by atoms with van der Waals surface area (Å²) >= 11 is 1.59. The van der Waals surface area contributed by atoms with Crippen molar-refractivity contribution in [3.8, 4) is 5.75 Å². The molecular formula is C27H23N3O2S. The summed E-state index contributed by atoms with van der Waals surface area (Å²) in [5.74, 6) is 1.42. The monoisotopic (exact) mass is 453 g/mol. The van der Waals surface area contributed by atoms with Crippen molar-refractivity contribution in [1.29, 1.82) is 0 Å². The molecule has 4 aromatic rings. The molecule has 1 heterocycles. The fourth-order valence-corrected chi connectivity index (χ4v) is 3.87. The smallest absolute Gasteiger partial charge is 0.255 e. The molecule has 164 valence electrons. The van der Waals surface area contributed by atoms with Crippen molar-refractivity contribution in [3.63, 3.8) is 0 Å². The minimum absolute atomic E-state index is 0.136. The number of nitrogens with one attached hydrogen (secondary N) is 1. The van der Waals surface area contributed by atoms with Crippen molar-refractivity contribution < 1.29 is 9.53 Å². The maximum Gasteiger partial charge on any atom is 0.255 e. The third-order valence-electron chi connectivity index (χ3n) is 4.87. The number of nitrogens with zero attached hydrogens (tertiary/aromatic N) is 2. The number of aromatic nitrogens is 2. The van der Waals surface area contributed by atoms with Gasteiger partial charge in [0.25, 0.3) is 5.91 Å². The van der Waals surface area contributed by atoms with Gasteiger partial charge in [-0.25, -0.2) is 4.98 Å². The minimum Gasteiger partial charge on any atom is -0.497 e.